The number of benzene rings is 2. The van der Waals surface area contributed by atoms with Crippen LogP contribution in [0, 0.1) is 6.92 Å². The van der Waals surface area contributed by atoms with Crippen LogP contribution in [0.2, 0.25) is 0 Å². The normalized spacial score (nSPS) is 14.4. The number of anilines is 5. The predicted molar refractivity (Wildman–Crippen MR) is 130 cm³/mol. The van der Waals surface area contributed by atoms with E-state index in [2.05, 4.69) is 95.1 Å². The Labute approximate surface area is 185 Å². The Morgan fingerprint density at radius 3 is 2.39 bits per heavy atom. The van der Waals surface area contributed by atoms with Gasteiger partial charge in [0.1, 0.15) is 5.82 Å². The highest BCUT2D eigenvalue weighted by molar-refractivity contribution is 5.64. The molecule has 162 valence electrons. The minimum atomic E-state index is 0.0992. The lowest BCUT2D eigenvalue weighted by atomic mass is 9.87. The first kappa shape index (κ1) is 21.1. The van der Waals surface area contributed by atoms with Crippen LogP contribution in [0.1, 0.15) is 31.9 Å². The molecule has 6 heteroatoms. The van der Waals surface area contributed by atoms with Crippen LogP contribution in [0.5, 0.6) is 0 Å². The Morgan fingerprint density at radius 1 is 0.935 bits per heavy atom. The molecule has 4 rings (SSSR count). The maximum absolute atomic E-state index is 4.71. The highest BCUT2D eigenvalue weighted by Gasteiger charge is 2.14. The summed E-state index contributed by atoms with van der Waals surface area (Å²) in [5, 5.41) is 10.2. The third-order valence-electron chi connectivity index (χ3n) is 5.57. The Kier molecular flexibility index (Phi) is 6.09. The number of nitrogens with one attached hydrogen (secondary N) is 3. The maximum Gasteiger partial charge on any atom is 0.229 e. The average Bonchev–Trinajstić information content (AvgIpc) is 2.77. The van der Waals surface area contributed by atoms with E-state index in [-0.39, 0.29) is 5.41 Å². The van der Waals surface area contributed by atoms with Crippen LogP contribution >= 0.6 is 0 Å². The second kappa shape index (κ2) is 8.94. The van der Waals surface area contributed by atoms with Crippen LogP contribution in [0.4, 0.5) is 28.8 Å². The van der Waals surface area contributed by atoms with Crippen molar-refractivity contribution >= 4 is 28.8 Å². The molecule has 1 saturated heterocycles. The van der Waals surface area contributed by atoms with Gasteiger partial charge < -0.3 is 20.9 Å². The summed E-state index contributed by atoms with van der Waals surface area (Å²) in [6.07, 6.45) is 1.85. The minimum absolute atomic E-state index is 0.0992. The smallest absolute Gasteiger partial charge is 0.229 e. The Hall–Kier alpha value is -3.12. The molecular formula is C25H32N6. The van der Waals surface area contributed by atoms with Gasteiger partial charge in [0, 0.05) is 55.0 Å². The monoisotopic (exact) mass is 416 g/mol. The number of rotatable bonds is 5. The molecule has 1 aromatic heterocycles. The lowest BCUT2D eigenvalue weighted by molar-refractivity contribution is 0.589. The minimum Gasteiger partial charge on any atom is -0.369 e. The van der Waals surface area contributed by atoms with Crippen molar-refractivity contribution in [3.05, 3.63) is 65.9 Å². The van der Waals surface area contributed by atoms with Crippen molar-refractivity contribution in [2.75, 3.05) is 41.7 Å². The van der Waals surface area contributed by atoms with Crippen molar-refractivity contribution in [1.82, 2.24) is 15.3 Å². The second-order valence-corrected chi connectivity index (χ2v) is 9.09. The Balaban J connectivity index is 1.48. The summed E-state index contributed by atoms with van der Waals surface area (Å²) in [6, 6.07) is 17.0. The Bertz CT molecular complexity index is 1020. The van der Waals surface area contributed by atoms with E-state index in [9.17, 15) is 0 Å². The molecule has 0 bridgehead atoms. The fourth-order valence-corrected chi connectivity index (χ4v) is 3.64. The lowest BCUT2D eigenvalue weighted by Crippen LogP contribution is -2.43. The molecule has 1 fully saturated rings. The first-order chi connectivity index (χ1) is 14.9. The topological polar surface area (TPSA) is 65.1 Å². The molecule has 0 atom stereocenters. The molecule has 1 aliphatic rings. The van der Waals surface area contributed by atoms with Gasteiger partial charge in [0.2, 0.25) is 5.95 Å². The molecule has 2 heterocycles. The van der Waals surface area contributed by atoms with E-state index in [1.807, 2.05) is 13.1 Å². The molecule has 31 heavy (non-hydrogen) atoms. The second-order valence-electron chi connectivity index (χ2n) is 9.09. The van der Waals surface area contributed by atoms with E-state index in [0.717, 1.165) is 48.9 Å². The van der Waals surface area contributed by atoms with E-state index in [0.29, 0.717) is 5.95 Å². The summed E-state index contributed by atoms with van der Waals surface area (Å²) in [5.41, 5.74) is 5.64. The first-order valence-electron chi connectivity index (χ1n) is 10.9. The molecule has 2 aromatic carbocycles. The summed E-state index contributed by atoms with van der Waals surface area (Å²) in [7, 11) is 0. The van der Waals surface area contributed by atoms with Crippen LogP contribution in [-0.2, 0) is 5.41 Å². The number of nitrogens with zero attached hydrogens (tertiary/aromatic N) is 3. The van der Waals surface area contributed by atoms with Gasteiger partial charge in [-0.25, -0.2) is 4.98 Å². The number of piperazine rings is 1. The molecule has 1 aliphatic heterocycles. The molecule has 3 aromatic rings. The molecular weight excluding hydrogens is 384 g/mol. The van der Waals surface area contributed by atoms with Gasteiger partial charge in [-0.2, -0.15) is 4.98 Å². The van der Waals surface area contributed by atoms with E-state index >= 15 is 0 Å². The third-order valence-corrected chi connectivity index (χ3v) is 5.57. The van der Waals surface area contributed by atoms with Crippen LogP contribution in [0.15, 0.2) is 54.7 Å². The van der Waals surface area contributed by atoms with Crippen LogP contribution in [0.25, 0.3) is 0 Å². The molecule has 3 N–H and O–H groups in total. The summed E-state index contributed by atoms with van der Waals surface area (Å²) >= 11 is 0. The summed E-state index contributed by atoms with van der Waals surface area (Å²) in [5.74, 6) is 1.39. The summed E-state index contributed by atoms with van der Waals surface area (Å²) in [4.78, 5) is 11.6. The number of hydrogen-bond donors (Lipinski definition) is 3. The van der Waals surface area contributed by atoms with Gasteiger partial charge in [-0.05, 0) is 54.3 Å². The van der Waals surface area contributed by atoms with Gasteiger partial charge >= 0.3 is 0 Å². The molecule has 0 unspecified atom stereocenters. The van der Waals surface area contributed by atoms with Crippen LogP contribution < -0.4 is 20.9 Å². The standard InChI is InChI=1S/C25H32N6/c1-18-17-27-24(29-20-8-10-22(11-9-20)31-14-12-26-13-15-31)30-23(18)28-21-7-5-6-19(16-21)25(2,3)4/h5-11,16-17,26H,12-15H2,1-4H3,(H2,27,28,29,30). The van der Waals surface area contributed by atoms with Gasteiger partial charge in [-0.15, -0.1) is 0 Å². The fourth-order valence-electron chi connectivity index (χ4n) is 3.64. The summed E-state index contributed by atoms with van der Waals surface area (Å²) in [6.45, 7) is 12.8. The molecule has 0 saturated carbocycles. The van der Waals surface area contributed by atoms with Crippen molar-refractivity contribution in [2.24, 2.45) is 0 Å². The lowest BCUT2D eigenvalue weighted by Gasteiger charge is -2.29. The fraction of sp³-hybridized carbons (Fsp3) is 0.360. The van der Waals surface area contributed by atoms with E-state index in [1.165, 1.54) is 11.3 Å². The van der Waals surface area contributed by atoms with Crippen molar-refractivity contribution in [3.8, 4) is 0 Å². The first-order valence-corrected chi connectivity index (χ1v) is 10.9. The number of aromatic nitrogens is 2. The highest BCUT2D eigenvalue weighted by atomic mass is 15.2. The molecule has 0 radical (unpaired) electrons. The van der Waals surface area contributed by atoms with Gasteiger partial charge in [0.25, 0.3) is 0 Å². The van der Waals surface area contributed by atoms with Gasteiger partial charge in [0.15, 0.2) is 0 Å². The van der Waals surface area contributed by atoms with Crippen molar-refractivity contribution in [1.29, 1.82) is 0 Å². The van der Waals surface area contributed by atoms with Crippen molar-refractivity contribution in [2.45, 2.75) is 33.1 Å². The van der Waals surface area contributed by atoms with E-state index in [1.54, 1.807) is 0 Å². The SMILES string of the molecule is Cc1cnc(Nc2ccc(N3CCNCC3)cc2)nc1Nc1cccc(C(C)(C)C)c1. The zero-order chi connectivity index (χ0) is 21.8. The molecule has 6 nitrogen and oxygen atoms in total. The number of hydrogen-bond acceptors (Lipinski definition) is 6. The quantitative estimate of drug-likeness (QED) is 0.545. The summed E-state index contributed by atoms with van der Waals surface area (Å²) < 4.78 is 0. The van der Waals surface area contributed by atoms with Crippen molar-refractivity contribution < 1.29 is 0 Å². The number of aryl methyl sites for hydroxylation is 1. The average molecular weight is 417 g/mol. The third kappa shape index (κ3) is 5.33. The van der Waals surface area contributed by atoms with Gasteiger partial charge in [-0.3, -0.25) is 0 Å². The highest BCUT2D eigenvalue weighted by Crippen LogP contribution is 2.27. The van der Waals surface area contributed by atoms with Crippen LogP contribution in [-0.4, -0.2) is 36.1 Å². The zero-order valence-corrected chi connectivity index (χ0v) is 18.9. The molecule has 0 amide bonds. The maximum atomic E-state index is 4.71. The van der Waals surface area contributed by atoms with E-state index in [4.69, 9.17) is 4.98 Å². The van der Waals surface area contributed by atoms with Gasteiger partial charge in [-0.1, -0.05) is 32.9 Å². The molecule has 0 spiro atoms. The Morgan fingerprint density at radius 2 is 1.68 bits per heavy atom. The predicted octanol–water partition coefficient (Wildman–Crippen LogP) is 4.98. The molecule has 0 aliphatic carbocycles. The van der Waals surface area contributed by atoms with Crippen molar-refractivity contribution in [3.63, 3.8) is 0 Å². The van der Waals surface area contributed by atoms with E-state index < -0.39 is 0 Å². The van der Waals surface area contributed by atoms with Gasteiger partial charge in [0.05, 0.1) is 0 Å². The van der Waals surface area contributed by atoms with Crippen LogP contribution in [0.3, 0.4) is 0 Å². The zero-order valence-electron chi connectivity index (χ0n) is 18.9. The largest absolute Gasteiger partial charge is 0.369 e.